The highest BCUT2D eigenvalue weighted by molar-refractivity contribution is 6.30. The van der Waals surface area contributed by atoms with Crippen LogP contribution in [0.4, 0.5) is 4.79 Å². The lowest BCUT2D eigenvalue weighted by Gasteiger charge is -2.40. The number of rotatable bonds is 11. The maximum atomic E-state index is 13.8. The first-order valence-electron chi connectivity index (χ1n) is 16.5. The van der Waals surface area contributed by atoms with Crippen LogP contribution in [0.1, 0.15) is 68.6 Å². The van der Waals surface area contributed by atoms with Crippen molar-refractivity contribution in [2.24, 2.45) is 0 Å². The van der Waals surface area contributed by atoms with Gasteiger partial charge in [0, 0.05) is 55.6 Å². The third-order valence-corrected chi connectivity index (χ3v) is 9.99. The van der Waals surface area contributed by atoms with Crippen molar-refractivity contribution in [1.82, 2.24) is 20.4 Å². The zero-order valence-corrected chi connectivity index (χ0v) is 28.4. The number of halogens is 2. The van der Waals surface area contributed by atoms with Gasteiger partial charge in [-0.25, -0.2) is 4.79 Å². The molecule has 46 heavy (non-hydrogen) atoms. The van der Waals surface area contributed by atoms with Gasteiger partial charge in [-0.15, -0.1) is 12.4 Å². The first-order chi connectivity index (χ1) is 21.8. The molecule has 0 aliphatic carbocycles. The lowest BCUT2D eigenvalue weighted by atomic mass is 9.68. The SMILES string of the molecule is CCNC(=O)N1CCC(NC(=O)CC(CCCN2CCC(O)(c3ccc(Cl)cc3)CC2)(c2ccccc2)c2ccccc2)CC1.Cl. The van der Waals surface area contributed by atoms with E-state index in [1.807, 2.05) is 48.2 Å². The largest absolute Gasteiger partial charge is 0.385 e. The van der Waals surface area contributed by atoms with Crippen molar-refractivity contribution in [2.75, 3.05) is 39.3 Å². The molecule has 5 rings (SSSR count). The summed E-state index contributed by atoms with van der Waals surface area (Å²) >= 11 is 6.08. The van der Waals surface area contributed by atoms with E-state index >= 15 is 0 Å². The van der Waals surface area contributed by atoms with Gasteiger partial charge in [0.1, 0.15) is 0 Å². The smallest absolute Gasteiger partial charge is 0.317 e. The molecule has 2 aliphatic heterocycles. The van der Waals surface area contributed by atoms with Crippen molar-refractivity contribution in [1.29, 1.82) is 0 Å². The Hall–Kier alpha value is -3.10. The molecule has 9 heteroatoms. The van der Waals surface area contributed by atoms with E-state index in [1.165, 1.54) is 0 Å². The van der Waals surface area contributed by atoms with E-state index in [0.29, 0.717) is 43.9 Å². The van der Waals surface area contributed by atoms with E-state index in [4.69, 9.17) is 11.6 Å². The average Bonchev–Trinajstić information content (AvgIpc) is 3.07. The van der Waals surface area contributed by atoms with Crippen LogP contribution in [0.25, 0.3) is 0 Å². The van der Waals surface area contributed by atoms with Gasteiger partial charge in [-0.1, -0.05) is 84.4 Å². The molecule has 7 nitrogen and oxygen atoms in total. The second-order valence-corrected chi connectivity index (χ2v) is 13.1. The maximum Gasteiger partial charge on any atom is 0.317 e. The Morgan fingerprint density at radius 2 is 1.46 bits per heavy atom. The molecule has 0 spiro atoms. The molecular formula is C37H48Cl2N4O3. The van der Waals surface area contributed by atoms with E-state index in [2.05, 4.69) is 64.1 Å². The first-order valence-corrected chi connectivity index (χ1v) is 16.8. The van der Waals surface area contributed by atoms with E-state index < -0.39 is 11.0 Å². The Balaban J connectivity index is 0.00000480. The van der Waals surface area contributed by atoms with Crippen molar-refractivity contribution in [3.8, 4) is 0 Å². The fourth-order valence-corrected chi connectivity index (χ4v) is 7.23. The molecule has 3 N–H and O–H groups in total. The molecule has 248 valence electrons. The number of hydrogen-bond acceptors (Lipinski definition) is 4. The second-order valence-electron chi connectivity index (χ2n) is 12.6. The molecule has 2 saturated heterocycles. The number of hydrogen-bond donors (Lipinski definition) is 3. The van der Waals surface area contributed by atoms with Gasteiger partial charge in [-0.3, -0.25) is 4.79 Å². The van der Waals surface area contributed by atoms with Crippen LogP contribution in [-0.2, 0) is 15.8 Å². The van der Waals surface area contributed by atoms with Crippen molar-refractivity contribution in [3.05, 3.63) is 107 Å². The van der Waals surface area contributed by atoms with E-state index in [1.54, 1.807) is 0 Å². The molecular weight excluding hydrogens is 619 g/mol. The third-order valence-electron chi connectivity index (χ3n) is 9.73. The summed E-state index contributed by atoms with van der Waals surface area (Å²) in [6.07, 6.45) is 4.96. The summed E-state index contributed by atoms with van der Waals surface area (Å²) in [5.41, 5.74) is 1.92. The topological polar surface area (TPSA) is 84.9 Å². The normalized spacial score (nSPS) is 17.2. The monoisotopic (exact) mass is 666 g/mol. The zero-order chi connectivity index (χ0) is 31.7. The van der Waals surface area contributed by atoms with Gasteiger partial charge >= 0.3 is 6.03 Å². The number of benzene rings is 3. The van der Waals surface area contributed by atoms with Gasteiger partial charge < -0.3 is 25.5 Å². The number of nitrogens with one attached hydrogen (secondary N) is 2. The molecule has 0 radical (unpaired) electrons. The number of piperidine rings is 2. The van der Waals surface area contributed by atoms with Crippen molar-refractivity contribution in [2.45, 2.75) is 68.9 Å². The Bertz CT molecular complexity index is 1340. The summed E-state index contributed by atoms with van der Waals surface area (Å²) in [5, 5.41) is 18.2. The minimum absolute atomic E-state index is 0. The first kappa shape index (κ1) is 35.7. The number of amides is 3. The van der Waals surface area contributed by atoms with Gasteiger partial charge in [0.25, 0.3) is 0 Å². The van der Waals surface area contributed by atoms with Crippen LogP contribution >= 0.6 is 24.0 Å². The molecule has 2 aliphatic rings. The minimum Gasteiger partial charge on any atom is -0.385 e. The Morgan fingerprint density at radius 1 is 0.891 bits per heavy atom. The predicted octanol–water partition coefficient (Wildman–Crippen LogP) is 6.51. The highest BCUT2D eigenvalue weighted by atomic mass is 35.5. The quantitative estimate of drug-likeness (QED) is 0.218. The van der Waals surface area contributed by atoms with Crippen LogP contribution in [0.3, 0.4) is 0 Å². The van der Waals surface area contributed by atoms with Crippen molar-refractivity contribution in [3.63, 3.8) is 0 Å². The van der Waals surface area contributed by atoms with Crippen molar-refractivity contribution < 1.29 is 14.7 Å². The summed E-state index contributed by atoms with van der Waals surface area (Å²) in [5.74, 6) is 0.0465. The summed E-state index contributed by atoms with van der Waals surface area (Å²) < 4.78 is 0. The number of likely N-dealkylation sites (tertiary alicyclic amines) is 2. The maximum absolute atomic E-state index is 13.8. The van der Waals surface area contributed by atoms with Crippen LogP contribution < -0.4 is 10.6 Å². The molecule has 3 amide bonds. The van der Waals surface area contributed by atoms with Gasteiger partial charge in [-0.05, 0) is 80.8 Å². The Kier molecular flexibility index (Phi) is 12.9. The number of nitrogens with zero attached hydrogens (tertiary/aromatic N) is 2. The highest BCUT2D eigenvalue weighted by Crippen LogP contribution is 2.41. The molecule has 2 fully saturated rings. The van der Waals surface area contributed by atoms with Crippen LogP contribution in [0.15, 0.2) is 84.9 Å². The number of urea groups is 1. The van der Waals surface area contributed by atoms with Crippen LogP contribution in [0.2, 0.25) is 5.02 Å². The Labute approximate surface area is 285 Å². The van der Waals surface area contributed by atoms with Gasteiger partial charge in [0.2, 0.25) is 5.91 Å². The van der Waals surface area contributed by atoms with Crippen LogP contribution in [0, 0.1) is 0 Å². The van der Waals surface area contributed by atoms with Gasteiger partial charge in [0.15, 0.2) is 0 Å². The molecule has 0 unspecified atom stereocenters. The summed E-state index contributed by atoms with van der Waals surface area (Å²) in [6, 6.07) is 28.5. The number of carbonyl (C=O) groups is 2. The fraction of sp³-hybridized carbons (Fsp3) is 0.459. The fourth-order valence-electron chi connectivity index (χ4n) is 7.10. The lowest BCUT2D eigenvalue weighted by molar-refractivity contribution is -0.123. The van der Waals surface area contributed by atoms with Gasteiger partial charge in [0.05, 0.1) is 5.60 Å². The molecule has 3 aromatic carbocycles. The zero-order valence-electron chi connectivity index (χ0n) is 26.8. The second kappa shape index (κ2) is 16.6. The third kappa shape index (κ3) is 8.82. The van der Waals surface area contributed by atoms with E-state index in [9.17, 15) is 14.7 Å². The summed E-state index contributed by atoms with van der Waals surface area (Å²) in [4.78, 5) is 30.4. The predicted molar refractivity (Wildman–Crippen MR) is 188 cm³/mol. The van der Waals surface area contributed by atoms with E-state index in [-0.39, 0.29) is 30.4 Å². The molecule has 3 aromatic rings. The van der Waals surface area contributed by atoms with Crippen molar-refractivity contribution >= 4 is 35.9 Å². The summed E-state index contributed by atoms with van der Waals surface area (Å²) in [7, 11) is 0. The highest BCUT2D eigenvalue weighted by Gasteiger charge is 2.38. The van der Waals surface area contributed by atoms with Gasteiger partial charge in [-0.2, -0.15) is 0 Å². The molecule has 2 heterocycles. The molecule has 0 atom stereocenters. The lowest BCUT2D eigenvalue weighted by Crippen LogP contribution is -2.50. The van der Waals surface area contributed by atoms with Crippen LogP contribution in [0.5, 0.6) is 0 Å². The van der Waals surface area contributed by atoms with Crippen LogP contribution in [-0.4, -0.2) is 72.2 Å². The molecule has 0 aromatic heterocycles. The Morgan fingerprint density at radius 3 is 2.00 bits per heavy atom. The molecule has 0 saturated carbocycles. The van der Waals surface area contributed by atoms with E-state index in [0.717, 1.165) is 62.0 Å². The molecule has 0 bridgehead atoms. The minimum atomic E-state index is -0.826. The standard InChI is InChI=1S/C37H47ClN4O3.ClH/c1-2-39-35(44)42-24-18-33(19-25-42)40-34(43)28-36(29-10-5-3-6-11-29,30-12-7-4-8-13-30)20-9-23-41-26-21-37(45,22-27-41)31-14-16-32(38)17-15-31;/h3-8,10-17,33,45H,2,9,18-28H2,1H3,(H,39,44)(H,40,43);1H. The summed E-state index contributed by atoms with van der Waals surface area (Å²) in [6.45, 7) is 6.35. The number of aliphatic hydroxyl groups is 1. The average molecular weight is 668 g/mol. The number of carbonyl (C=O) groups excluding carboxylic acids is 2.